The first-order valence-corrected chi connectivity index (χ1v) is 6.44. The molecule has 1 N–H and O–H groups in total. The molecule has 94 valence electrons. The summed E-state index contributed by atoms with van der Waals surface area (Å²) in [7, 11) is 0. The molecular weight excluding hydrogens is 294 g/mol. The van der Waals surface area contributed by atoms with E-state index < -0.39 is 6.10 Å². The van der Waals surface area contributed by atoms with Crippen molar-refractivity contribution in [3.63, 3.8) is 0 Å². The van der Waals surface area contributed by atoms with Crippen LogP contribution in [0.25, 0.3) is 0 Å². The molecule has 0 aliphatic heterocycles. The van der Waals surface area contributed by atoms with Crippen LogP contribution in [-0.2, 0) is 0 Å². The van der Waals surface area contributed by atoms with Gasteiger partial charge >= 0.3 is 0 Å². The second-order valence-corrected chi connectivity index (χ2v) is 5.00. The van der Waals surface area contributed by atoms with Crippen molar-refractivity contribution in [3.8, 4) is 11.6 Å². The van der Waals surface area contributed by atoms with E-state index >= 15 is 0 Å². The van der Waals surface area contributed by atoms with Gasteiger partial charge in [0.15, 0.2) is 0 Å². The van der Waals surface area contributed by atoms with E-state index in [1.807, 2.05) is 25.1 Å². The SMILES string of the molecule is Cc1cc(Br)ccc1Oc1ncccc1[C@@H](C)O. The summed E-state index contributed by atoms with van der Waals surface area (Å²) in [5.41, 5.74) is 1.69. The summed E-state index contributed by atoms with van der Waals surface area (Å²) in [6.45, 7) is 3.66. The third-order valence-corrected chi connectivity index (χ3v) is 3.09. The fraction of sp³-hybridized carbons (Fsp3) is 0.214. The van der Waals surface area contributed by atoms with Crippen LogP contribution in [0.2, 0.25) is 0 Å². The zero-order valence-corrected chi connectivity index (χ0v) is 11.8. The molecule has 18 heavy (non-hydrogen) atoms. The number of benzene rings is 1. The molecule has 3 nitrogen and oxygen atoms in total. The molecule has 0 bridgehead atoms. The topological polar surface area (TPSA) is 42.4 Å². The molecule has 0 aliphatic rings. The minimum absolute atomic E-state index is 0.443. The molecule has 1 aromatic carbocycles. The summed E-state index contributed by atoms with van der Waals surface area (Å²) < 4.78 is 6.77. The van der Waals surface area contributed by atoms with Crippen molar-refractivity contribution in [3.05, 3.63) is 52.1 Å². The Morgan fingerprint density at radius 2 is 2.11 bits per heavy atom. The number of nitrogens with zero attached hydrogens (tertiary/aromatic N) is 1. The van der Waals surface area contributed by atoms with Gasteiger partial charge in [0.1, 0.15) is 5.75 Å². The Hall–Kier alpha value is -1.39. The van der Waals surface area contributed by atoms with Crippen LogP contribution in [0.15, 0.2) is 41.0 Å². The van der Waals surface area contributed by atoms with E-state index in [9.17, 15) is 5.11 Å². The van der Waals surface area contributed by atoms with E-state index in [0.29, 0.717) is 11.4 Å². The van der Waals surface area contributed by atoms with Gasteiger partial charge in [-0.25, -0.2) is 4.98 Å². The van der Waals surface area contributed by atoms with Gasteiger partial charge in [-0.2, -0.15) is 0 Å². The lowest BCUT2D eigenvalue weighted by Gasteiger charge is -2.13. The number of hydrogen-bond donors (Lipinski definition) is 1. The maximum absolute atomic E-state index is 9.67. The van der Waals surface area contributed by atoms with Crippen molar-refractivity contribution in [1.82, 2.24) is 4.98 Å². The van der Waals surface area contributed by atoms with Crippen LogP contribution in [0.5, 0.6) is 11.6 Å². The van der Waals surface area contributed by atoms with Gasteiger partial charge in [0.25, 0.3) is 0 Å². The predicted molar refractivity (Wildman–Crippen MR) is 73.8 cm³/mol. The lowest BCUT2D eigenvalue weighted by molar-refractivity contribution is 0.194. The Morgan fingerprint density at radius 1 is 1.33 bits per heavy atom. The normalized spacial score (nSPS) is 12.2. The highest BCUT2D eigenvalue weighted by atomic mass is 79.9. The Labute approximate surface area is 115 Å². The highest BCUT2D eigenvalue weighted by Gasteiger charge is 2.11. The van der Waals surface area contributed by atoms with Crippen molar-refractivity contribution in [2.24, 2.45) is 0 Å². The zero-order chi connectivity index (χ0) is 13.1. The number of aliphatic hydroxyl groups excluding tert-OH is 1. The van der Waals surface area contributed by atoms with Crippen LogP contribution < -0.4 is 4.74 Å². The molecule has 0 amide bonds. The molecule has 0 saturated carbocycles. The highest BCUT2D eigenvalue weighted by Crippen LogP contribution is 2.30. The van der Waals surface area contributed by atoms with Crippen LogP contribution in [0.4, 0.5) is 0 Å². The van der Waals surface area contributed by atoms with Crippen LogP contribution in [0, 0.1) is 6.92 Å². The number of hydrogen-bond acceptors (Lipinski definition) is 3. The molecule has 4 heteroatoms. The van der Waals surface area contributed by atoms with E-state index in [1.54, 1.807) is 25.3 Å². The number of aliphatic hydroxyl groups is 1. The molecule has 1 heterocycles. The van der Waals surface area contributed by atoms with Gasteiger partial charge < -0.3 is 9.84 Å². The van der Waals surface area contributed by atoms with Crippen molar-refractivity contribution in [2.75, 3.05) is 0 Å². The third kappa shape index (κ3) is 2.89. The highest BCUT2D eigenvalue weighted by molar-refractivity contribution is 9.10. The average Bonchev–Trinajstić information content (AvgIpc) is 2.33. The number of ether oxygens (including phenoxy) is 1. The maximum Gasteiger partial charge on any atom is 0.225 e. The smallest absolute Gasteiger partial charge is 0.225 e. The van der Waals surface area contributed by atoms with E-state index in [2.05, 4.69) is 20.9 Å². The first-order valence-electron chi connectivity index (χ1n) is 5.65. The van der Waals surface area contributed by atoms with Gasteiger partial charge in [-0.15, -0.1) is 0 Å². The second-order valence-electron chi connectivity index (χ2n) is 4.09. The number of aromatic nitrogens is 1. The fourth-order valence-electron chi connectivity index (χ4n) is 1.64. The average molecular weight is 308 g/mol. The second kappa shape index (κ2) is 5.50. The Morgan fingerprint density at radius 3 is 2.78 bits per heavy atom. The maximum atomic E-state index is 9.67. The molecule has 0 unspecified atom stereocenters. The number of pyridine rings is 1. The number of halogens is 1. The van der Waals surface area contributed by atoms with Crippen molar-refractivity contribution in [2.45, 2.75) is 20.0 Å². The molecule has 0 saturated heterocycles. The molecule has 0 spiro atoms. The first-order chi connectivity index (χ1) is 8.58. The molecule has 1 atom stereocenters. The van der Waals surface area contributed by atoms with Crippen molar-refractivity contribution >= 4 is 15.9 Å². The van der Waals surface area contributed by atoms with Gasteiger partial charge in [0.05, 0.1) is 6.10 Å². The number of rotatable bonds is 3. The van der Waals surface area contributed by atoms with E-state index in [1.165, 1.54) is 0 Å². The largest absolute Gasteiger partial charge is 0.438 e. The molecule has 0 radical (unpaired) electrons. The van der Waals surface area contributed by atoms with Crippen LogP contribution in [0.1, 0.15) is 24.2 Å². The lowest BCUT2D eigenvalue weighted by Crippen LogP contribution is -1.98. The molecular formula is C14H14BrNO2. The van der Waals surface area contributed by atoms with E-state index in [4.69, 9.17) is 4.74 Å². The summed E-state index contributed by atoms with van der Waals surface area (Å²) in [6.07, 6.45) is 1.04. The predicted octanol–water partition coefficient (Wildman–Crippen LogP) is 4.00. The minimum atomic E-state index is -0.607. The van der Waals surface area contributed by atoms with E-state index in [-0.39, 0.29) is 0 Å². The van der Waals surface area contributed by atoms with Gasteiger partial charge in [-0.05, 0) is 49.7 Å². The van der Waals surface area contributed by atoms with Crippen LogP contribution >= 0.6 is 15.9 Å². The van der Waals surface area contributed by atoms with Crippen molar-refractivity contribution in [1.29, 1.82) is 0 Å². The minimum Gasteiger partial charge on any atom is -0.438 e. The molecule has 0 aliphatic carbocycles. The first kappa shape index (κ1) is 13.1. The summed E-state index contributed by atoms with van der Waals surface area (Å²) in [4.78, 5) is 4.16. The van der Waals surface area contributed by atoms with Crippen LogP contribution in [0.3, 0.4) is 0 Å². The Balaban J connectivity index is 2.34. The Kier molecular flexibility index (Phi) is 3.99. The van der Waals surface area contributed by atoms with Gasteiger partial charge in [0, 0.05) is 16.2 Å². The monoisotopic (exact) mass is 307 g/mol. The van der Waals surface area contributed by atoms with Crippen molar-refractivity contribution < 1.29 is 9.84 Å². The fourth-order valence-corrected chi connectivity index (χ4v) is 2.11. The van der Waals surface area contributed by atoms with E-state index in [0.717, 1.165) is 15.8 Å². The summed E-state index contributed by atoms with van der Waals surface area (Å²) in [6, 6.07) is 9.35. The summed E-state index contributed by atoms with van der Waals surface area (Å²) >= 11 is 3.41. The third-order valence-electron chi connectivity index (χ3n) is 2.59. The molecule has 0 fully saturated rings. The quantitative estimate of drug-likeness (QED) is 0.932. The van der Waals surface area contributed by atoms with Crippen LogP contribution in [-0.4, -0.2) is 10.1 Å². The standard InChI is InChI=1S/C14H14BrNO2/c1-9-8-11(15)5-6-13(9)18-14-12(10(2)17)4-3-7-16-14/h3-8,10,17H,1-2H3/t10-/m1/s1. The molecule has 1 aromatic heterocycles. The molecule has 2 aromatic rings. The number of aryl methyl sites for hydroxylation is 1. The van der Waals surface area contributed by atoms with Gasteiger partial charge in [-0.1, -0.05) is 15.9 Å². The summed E-state index contributed by atoms with van der Waals surface area (Å²) in [5.74, 6) is 1.18. The van der Waals surface area contributed by atoms with Gasteiger partial charge in [0.2, 0.25) is 5.88 Å². The molecule has 2 rings (SSSR count). The lowest BCUT2D eigenvalue weighted by atomic mass is 10.2. The zero-order valence-electron chi connectivity index (χ0n) is 10.2. The Bertz CT molecular complexity index is 555. The summed E-state index contributed by atoms with van der Waals surface area (Å²) in [5, 5.41) is 9.67. The van der Waals surface area contributed by atoms with Gasteiger partial charge in [-0.3, -0.25) is 0 Å².